The average molecular weight is 634 g/mol. The van der Waals surface area contributed by atoms with Gasteiger partial charge in [0.05, 0.1) is 12.2 Å². The van der Waals surface area contributed by atoms with Gasteiger partial charge in [-0.3, -0.25) is 9.59 Å². The first kappa shape index (κ1) is 31.4. The number of benzene rings is 2. The molecule has 0 bridgehead atoms. The van der Waals surface area contributed by atoms with Crippen molar-refractivity contribution < 1.29 is 38.1 Å². The summed E-state index contributed by atoms with van der Waals surface area (Å²) >= 11 is 0. The van der Waals surface area contributed by atoms with E-state index >= 15 is 8.78 Å². The number of allylic oxidation sites excluding steroid dienone is 4. The van der Waals surface area contributed by atoms with Crippen LogP contribution in [0, 0.1) is 22.7 Å². The molecule has 11 atom stereocenters. The number of hydrogen-bond acceptors (Lipinski definition) is 7. The molecule has 0 radical (unpaired) electrons. The quantitative estimate of drug-likeness (QED) is 0.385. The molecule has 7 nitrogen and oxygen atoms in total. The average Bonchev–Trinajstić information content (AvgIpc) is 3.56. The Kier molecular flexibility index (Phi) is 7.25. The highest BCUT2D eigenvalue weighted by Crippen LogP contribution is 2.72. The van der Waals surface area contributed by atoms with Crippen LogP contribution in [0.25, 0.3) is 0 Å². The van der Waals surface area contributed by atoms with Gasteiger partial charge in [0.2, 0.25) is 0 Å². The minimum atomic E-state index is -2.29. The van der Waals surface area contributed by atoms with Crippen LogP contribution in [0.4, 0.5) is 14.5 Å². The molecule has 5 aliphatic rings. The predicted octanol–water partition coefficient (Wildman–Crippen LogP) is 5.52. The van der Waals surface area contributed by atoms with E-state index in [0.29, 0.717) is 5.56 Å². The van der Waals surface area contributed by atoms with E-state index in [1.54, 1.807) is 13.8 Å². The zero-order valence-corrected chi connectivity index (χ0v) is 26.5. The Morgan fingerprint density at radius 1 is 1.11 bits per heavy atom. The largest absolute Gasteiger partial charge is 0.390 e. The van der Waals surface area contributed by atoms with Crippen molar-refractivity contribution in [3.8, 4) is 0 Å². The summed E-state index contributed by atoms with van der Waals surface area (Å²) in [6.45, 7) is 4.63. The van der Waals surface area contributed by atoms with Gasteiger partial charge in [0.1, 0.15) is 12.8 Å². The lowest BCUT2D eigenvalue weighted by atomic mass is 9.44. The summed E-state index contributed by atoms with van der Waals surface area (Å²) in [5.74, 6) is -2.48. The van der Waals surface area contributed by atoms with Crippen LogP contribution in [0.1, 0.15) is 68.9 Å². The molecule has 3 saturated carbocycles. The third-order valence-electron chi connectivity index (χ3n) is 12.3. The first-order valence-corrected chi connectivity index (χ1v) is 16.2. The van der Waals surface area contributed by atoms with Gasteiger partial charge in [0.15, 0.2) is 29.1 Å². The number of fused-ring (bicyclic) bond motifs is 7. The maximum absolute atomic E-state index is 17.6. The van der Waals surface area contributed by atoms with Crippen molar-refractivity contribution in [1.82, 2.24) is 0 Å². The molecule has 2 aromatic rings. The van der Waals surface area contributed by atoms with E-state index in [0.717, 1.165) is 22.9 Å². The number of carbonyl (C=O) groups excluding carboxylic acids is 2. The molecule has 7 rings (SSSR count). The summed E-state index contributed by atoms with van der Waals surface area (Å²) in [4.78, 5) is 25.9. The molecule has 4 aliphatic carbocycles. The van der Waals surface area contributed by atoms with Crippen molar-refractivity contribution >= 4 is 17.3 Å². The van der Waals surface area contributed by atoms with Gasteiger partial charge in [0, 0.05) is 41.0 Å². The molecule has 4 fully saturated rings. The Balaban J connectivity index is 1.21. The summed E-state index contributed by atoms with van der Waals surface area (Å²) in [7, 11) is 1.88. The second-order valence-electron chi connectivity index (χ2n) is 14.3. The van der Waals surface area contributed by atoms with Crippen LogP contribution in [0.15, 0.2) is 72.3 Å². The Bertz CT molecular complexity index is 1640. The lowest BCUT2D eigenvalue weighted by Gasteiger charge is -2.63. The molecule has 0 aromatic heterocycles. The van der Waals surface area contributed by atoms with Crippen LogP contribution in [0.5, 0.6) is 0 Å². The molecular formula is C37H41F2NO6. The predicted molar refractivity (Wildman–Crippen MR) is 167 cm³/mol. The van der Waals surface area contributed by atoms with Crippen LogP contribution in [0.3, 0.4) is 0 Å². The fourth-order valence-corrected chi connectivity index (χ4v) is 9.81. The highest BCUT2D eigenvalue weighted by atomic mass is 19.1. The van der Waals surface area contributed by atoms with E-state index in [-0.39, 0.29) is 30.8 Å². The topological polar surface area (TPSA) is 105 Å². The fraction of sp³-hybridized carbons (Fsp3) is 0.514. The van der Waals surface area contributed by atoms with Gasteiger partial charge in [-0.15, -0.1) is 0 Å². The Hall–Kier alpha value is -3.24. The molecule has 46 heavy (non-hydrogen) atoms. The van der Waals surface area contributed by atoms with Gasteiger partial charge in [-0.05, 0) is 73.1 Å². The number of aliphatic hydroxyl groups excluding tert-OH is 2. The first-order valence-electron chi connectivity index (χ1n) is 16.2. The van der Waals surface area contributed by atoms with Gasteiger partial charge in [0.25, 0.3) is 0 Å². The number of nitrogens with one attached hydrogen (secondary N) is 1. The second-order valence-corrected chi connectivity index (χ2v) is 14.3. The van der Waals surface area contributed by atoms with Gasteiger partial charge >= 0.3 is 0 Å². The molecule has 1 heterocycles. The van der Waals surface area contributed by atoms with E-state index in [1.807, 2.05) is 43.4 Å². The summed E-state index contributed by atoms with van der Waals surface area (Å²) in [6, 6.07) is 16.0. The molecule has 1 saturated heterocycles. The number of ketones is 2. The Labute approximate surface area is 267 Å². The van der Waals surface area contributed by atoms with Crippen LogP contribution in [-0.2, 0) is 19.1 Å². The zero-order valence-electron chi connectivity index (χ0n) is 26.5. The van der Waals surface area contributed by atoms with Crippen molar-refractivity contribution in [3.63, 3.8) is 0 Å². The third-order valence-corrected chi connectivity index (χ3v) is 12.3. The van der Waals surface area contributed by atoms with Gasteiger partial charge in [-0.2, -0.15) is 0 Å². The Morgan fingerprint density at radius 3 is 2.54 bits per heavy atom. The number of carbonyl (C=O) groups is 2. The molecule has 0 spiro atoms. The first-order chi connectivity index (χ1) is 21.8. The molecule has 3 N–H and O–H groups in total. The molecule has 0 unspecified atom stereocenters. The molecule has 1 aliphatic heterocycles. The standard InChI is InChI=1S/C37H41F2NO6/c1-20(23-6-5-7-24(14-23)40-4)21-8-10-22(11-9-21)33-45-32-17-26-27-16-29(38)28-15-25(42)12-13-34(28,2)36(27,39)30(43)18-35(26,3)37(32,46-33)31(44)19-41/h5-15,20,26-27,29-30,32-33,40-41,43H,16-19H2,1-4H3/t20-,26+,27+,29+,30+,32-,33+,34+,35+,36+,37-/m1/s1. The van der Waals surface area contributed by atoms with E-state index in [1.165, 1.54) is 12.2 Å². The van der Waals surface area contributed by atoms with Gasteiger partial charge in [-0.25, -0.2) is 8.78 Å². The Morgan fingerprint density at radius 2 is 1.85 bits per heavy atom. The van der Waals surface area contributed by atoms with Crippen LogP contribution < -0.4 is 5.32 Å². The number of anilines is 1. The maximum Gasteiger partial charge on any atom is 0.193 e. The van der Waals surface area contributed by atoms with Crippen molar-refractivity contribution in [2.75, 3.05) is 19.0 Å². The SMILES string of the molecule is CNc1cccc([C@H](C)c2ccc([C@H]3O[C@@H]4C[C@H]5[C@@H]6C[C@H](F)C7=CC(=O)C=C[C@]7(C)[C@@]6(F)[C@@H](O)C[C@]5(C)[C@]4(C(=O)CO)O3)cc2)c1. The fourth-order valence-electron chi connectivity index (χ4n) is 9.81. The number of rotatable bonds is 6. The molecule has 0 amide bonds. The summed E-state index contributed by atoms with van der Waals surface area (Å²) in [6.07, 6.45) is -1.37. The minimum absolute atomic E-state index is 0.0424. The van der Waals surface area contributed by atoms with Gasteiger partial charge in [-0.1, -0.05) is 56.3 Å². The van der Waals surface area contributed by atoms with E-state index in [2.05, 4.69) is 24.4 Å². The molecule has 9 heteroatoms. The monoisotopic (exact) mass is 633 g/mol. The molecule has 244 valence electrons. The highest BCUT2D eigenvalue weighted by Gasteiger charge is 2.80. The smallest absolute Gasteiger partial charge is 0.193 e. The van der Waals surface area contributed by atoms with E-state index < -0.39 is 76.8 Å². The van der Waals surface area contributed by atoms with Crippen molar-refractivity contribution in [1.29, 1.82) is 0 Å². The zero-order chi connectivity index (χ0) is 32.8. The number of Topliss-reactive ketones (excluding diaryl/α,β-unsaturated/α-hetero) is 1. The maximum atomic E-state index is 17.6. The highest BCUT2D eigenvalue weighted by molar-refractivity contribution is 6.01. The van der Waals surface area contributed by atoms with Crippen molar-refractivity contribution in [2.24, 2.45) is 22.7 Å². The molecular weight excluding hydrogens is 592 g/mol. The normalized spacial score (nSPS) is 41.6. The van der Waals surface area contributed by atoms with Crippen molar-refractivity contribution in [2.45, 2.75) is 81.9 Å². The number of alkyl halides is 2. The number of halogens is 2. The summed E-state index contributed by atoms with van der Waals surface area (Å²) < 4.78 is 46.5. The van der Waals surface area contributed by atoms with Crippen LogP contribution in [-0.4, -0.2) is 65.1 Å². The lowest BCUT2D eigenvalue weighted by molar-refractivity contribution is -0.235. The second kappa shape index (κ2) is 10.6. The number of ether oxygens (including phenoxy) is 2. The minimum Gasteiger partial charge on any atom is -0.390 e. The molecule has 2 aromatic carbocycles. The third kappa shape index (κ3) is 4.01. The number of hydrogen-bond donors (Lipinski definition) is 3. The van der Waals surface area contributed by atoms with Crippen molar-refractivity contribution in [3.05, 3.63) is 89.0 Å². The summed E-state index contributed by atoms with van der Waals surface area (Å²) in [5, 5.41) is 25.1. The number of aliphatic hydroxyl groups is 2. The summed E-state index contributed by atoms with van der Waals surface area (Å²) in [5.41, 5.74) is -2.66. The lowest BCUT2D eigenvalue weighted by Crippen LogP contribution is -2.70. The van der Waals surface area contributed by atoms with Gasteiger partial charge < -0.3 is 25.0 Å². The van der Waals surface area contributed by atoms with E-state index in [4.69, 9.17) is 9.47 Å². The van der Waals surface area contributed by atoms with Crippen LogP contribution >= 0.6 is 0 Å². The van der Waals surface area contributed by atoms with Crippen LogP contribution in [0.2, 0.25) is 0 Å². The van der Waals surface area contributed by atoms with E-state index in [9.17, 15) is 19.8 Å².